The number of nitrogens with one attached hydrogen (secondary N) is 1. The molecule has 1 atom stereocenters. The van der Waals surface area contributed by atoms with Gasteiger partial charge in [-0.2, -0.15) is 5.21 Å². The summed E-state index contributed by atoms with van der Waals surface area (Å²) in [5.74, 6) is 2.80. The van der Waals surface area contributed by atoms with Crippen LogP contribution in [0.15, 0.2) is 40.6 Å². The van der Waals surface area contributed by atoms with Crippen molar-refractivity contribution in [3.63, 3.8) is 0 Å². The summed E-state index contributed by atoms with van der Waals surface area (Å²) in [5.41, 5.74) is 7.74. The van der Waals surface area contributed by atoms with Crippen molar-refractivity contribution < 1.29 is 0 Å². The number of nitrogens with zero attached hydrogens (tertiary/aromatic N) is 6. The molecular weight excluding hydrogens is 450 g/mol. The maximum absolute atomic E-state index is 5.00. The molecular formula is C24H23N7S2. The molecule has 1 aliphatic rings. The second kappa shape index (κ2) is 8.07. The standard InChI is InChI=1S/C24H23N7S2/c1-4-20-26-21-13(2)11-14(3)25-23(21)31(20)18-9-10-32-24-17(18)12-19(33-24)15-7-5-6-8-16(15)22-27-29-30-28-22/h5-8,11-12,18H,4,9-10H2,1-3H3,(H,27,28,29,30). The number of pyridine rings is 1. The molecule has 0 saturated heterocycles. The van der Waals surface area contributed by atoms with E-state index in [1.54, 1.807) is 0 Å². The predicted molar refractivity (Wildman–Crippen MR) is 133 cm³/mol. The SMILES string of the molecule is CCc1nc2c(C)cc(C)nc2n1C1CCSc2sc(-c3ccccc3-c3nn[nH]n3)cc21. The third-order valence-electron chi connectivity index (χ3n) is 6.16. The van der Waals surface area contributed by atoms with Crippen LogP contribution in [0.4, 0.5) is 0 Å². The third kappa shape index (κ3) is 3.38. The summed E-state index contributed by atoms with van der Waals surface area (Å²) < 4.78 is 3.77. The van der Waals surface area contributed by atoms with E-state index in [4.69, 9.17) is 9.97 Å². The van der Waals surface area contributed by atoms with Gasteiger partial charge in [0.25, 0.3) is 0 Å². The Morgan fingerprint density at radius 2 is 1.97 bits per heavy atom. The monoisotopic (exact) mass is 473 g/mol. The Kier molecular flexibility index (Phi) is 5.03. The lowest BCUT2D eigenvalue weighted by molar-refractivity contribution is 0.548. The molecule has 33 heavy (non-hydrogen) atoms. The van der Waals surface area contributed by atoms with E-state index < -0.39 is 0 Å². The van der Waals surface area contributed by atoms with Gasteiger partial charge < -0.3 is 4.57 Å². The van der Waals surface area contributed by atoms with E-state index in [1.807, 2.05) is 29.2 Å². The van der Waals surface area contributed by atoms with Gasteiger partial charge in [-0.05, 0) is 43.2 Å². The topological polar surface area (TPSA) is 85.2 Å². The number of rotatable bonds is 4. The zero-order chi connectivity index (χ0) is 22.5. The largest absolute Gasteiger partial charge is 0.305 e. The van der Waals surface area contributed by atoms with Crippen LogP contribution < -0.4 is 0 Å². The Bertz CT molecular complexity index is 1470. The summed E-state index contributed by atoms with van der Waals surface area (Å²) in [6.45, 7) is 6.38. The number of aromatic amines is 1. The first kappa shape index (κ1) is 20.6. The fraction of sp³-hybridized carbons (Fsp3) is 0.292. The molecule has 0 amide bonds. The smallest absolute Gasteiger partial charge is 0.205 e. The van der Waals surface area contributed by atoms with Crippen LogP contribution >= 0.6 is 23.1 Å². The van der Waals surface area contributed by atoms with Crippen molar-refractivity contribution in [3.05, 3.63) is 59.0 Å². The molecule has 1 unspecified atom stereocenters. The first-order valence-corrected chi connectivity index (χ1v) is 12.9. The number of benzene rings is 1. The summed E-state index contributed by atoms with van der Waals surface area (Å²) in [5, 5.41) is 14.8. The van der Waals surface area contributed by atoms with E-state index in [0.29, 0.717) is 5.82 Å². The number of imidazole rings is 1. The fourth-order valence-corrected chi connectivity index (χ4v) is 7.35. The molecule has 0 fully saturated rings. The summed E-state index contributed by atoms with van der Waals surface area (Å²) in [7, 11) is 0. The zero-order valence-electron chi connectivity index (χ0n) is 18.7. The molecule has 0 bridgehead atoms. The number of aryl methyl sites for hydroxylation is 3. The highest BCUT2D eigenvalue weighted by atomic mass is 32.2. The Labute approximate surface area is 199 Å². The molecule has 1 N–H and O–H groups in total. The number of aromatic nitrogens is 7. The first-order valence-electron chi connectivity index (χ1n) is 11.1. The van der Waals surface area contributed by atoms with Gasteiger partial charge in [-0.15, -0.1) is 33.3 Å². The van der Waals surface area contributed by atoms with Gasteiger partial charge in [0.2, 0.25) is 5.82 Å². The predicted octanol–water partition coefficient (Wildman–Crippen LogP) is 5.60. The third-order valence-corrected chi connectivity index (χ3v) is 8.68. The number of hydrogen-bond donors (Lipinski definition) is 1. The van der Waals surface area contributed by atoms with E-state index in [2.05, 4.69) is 76.3 Å². The van der Waals surface area contributed by atoms with E-state index in [1.165, 1.54) is 20.2 Å². The minimum Gasteiger partial charge on any atom is -0.305 e. The number of fused-ring (bicyclic) bond motifs is 2. The highest BCUT2D eigenvalue weighted by Crippen LogP contribution is 2.48. The lowest BCUT2D eigenvalue weighted by Crippen LogP contribution is -2.17. The van der Waals surface area contributed by atoms with Crippen LogP contribution in [-0.4, -0.2) is 40.9 Å². The van der Waals surface area contributed by atoms with Crippen LogP contribution in [-0.2, 0) is 6.42 Å². The Hall–Kier alpha value is -3.04. The maximum atomic E-state index is 5.00. The summed E-state index contributed by atoms with van der Waals surface area (Å²) in [6, 6.07) is 13.0. The van der Waals surface area contributed by atoms with Crippen molar-refractivity contribution in [2.24, 2.45) is 0 Å². The van der Waals surface area contributed by atoms with Crippen molar-refractivity contribution in [3.8, 4) is 21.8 Å². The average molecular weight is 474 g/mol. The first-order chi connectivity index (χ1) is 16.1. The number of H-pyrrole nitrogens is 1. The van der Waals surface area contributed by atoms with E-state index >= 15 is 0 Å². The second-order valence-corrected chi connectivity index (χ2v) is 10.7. The van der Waals surface area contributed by atoms with E-state index in [0.717, 1.165) is 52.4 Å². The van der Waals surface area contributed by atoms with Crippen LogP contribution in [0.5, 0.6) is 0 Å². The quantitative estimate of drug-likeness (QED) is 0.365. The normalized spacial score (nSPS) is 15.8. The van der Waals surface area contributed by atoms with Gasteiger partial charge in [0.1, 0.15) is 11.3 Å². The molecule has 0 aliphatic carbocycles. The highest BCUT2D eigenvalue weighted by Gasteiger charge is 2.29. The van der Waals surface area contributed by atoms with Crippen molar-refractivity contribution in [1.29, 1.82) is 0 Å². The van der Waals surface area contributed by atoms with Crippen LogP contribution in [0.25, 0.3) is 33.0 Å². The molecule has 9 heteroatoms. The van der Waals surface area contributed by atoms with Crippen LogP contribution in [0.3, 0.4) is 0 Å². The molecule has 5 aromatic rings. The van der Waals surface area contributed by atoms with Crippen LogP contribution in [0, 0.1) is 13.8 Å². The van der Waals surface area contributed by atoms with Gasteiger partial charge in [-0.25, -0.2) is 9.97 Å². The molecule has 6 rings (SSSR count). The van der Waals surface area contributed by atoms with Gasteiger partial charge >= 0.3 is 0 Å². The van der Waals surface area contributed by atoms with Crippen molar-refractivity contribution in [2.45, 2.75) is 43.9 Å². The summed E-state index contributed by atoms with van der Waals surface area (Å²) in [6.07, 6.45) is 1.94. The number of tetrazole rings is 1. The summed E-state index contributed by atoms with van der Waals surface area (Å²) >= 11 is 3.80. The molecule has 5 heterocycles. The molecule has 0 spiro atoms. The Morgan fingerprint density at radius 3 is 2.76 bits per heavy atom. The Balaban J connectivity index is 1.51. The molecule has 0 saturated carbocycles. The van der Waals surface area contributed by atoms with Crippen molar-refractivity contribution in [1.82, 2.24) is 35.2 Å². The van der Waals surface area contributed by atoms with Gasteiger partial charge in [0.05, 0.1) is 10.3 Å². The van der Waals surface area contributed by atoms with Gasteiger partial charge in [0, 0.05) is 39.4 Å². The highest BCUT2D eigenvalue weighted by molar-refractivity contribution is 8.01. The van der Waals surface area contributed by atoms with Crippen molar-refractivity contribution in [2.75, 3.05) is 5.75 Å². The number of thioether (sulfide) groups is 1. The number of thiophene rings is 1. The van der Waals surface area contributed by atoms with Crippen molar-refractivity contribution >= 4 is 34.3 Å². The molecule has 0 radical (unpaired) electrons. The lowest BCUT2D eigenvalue weighted by atomic mass is 10.0. The molecule has 1 aliphatic heterocycles. The van der Waals surface area contributed by atoms with E-state index in [-0.39, 0.29) is 6.04 Å². The Morgan fingerprint density at radius 1 is 1.12 bits per heavy atom. The molecule has 166 valence electrons. The molecule has 7 nitrogen and oxygen atoms in total. The minimum absolute atomic E-state index is 0.234. The van der Waals surface area contributed by atoms with Gasteiger partial charge in [0.15, 0.2) is 5.65 Å². The summed E-state index contributed by atoms with van der Waals surface area (Å²) in [4.78, 5) is 11.2. The maximum Gasteiger partial charge on any atom is 0.205 e. The average Bonchev–Trinajstić information content (AvgIpc) is 3.56. The van der Waals surface area contributed by atoms with Gasteiger partial charge in [-0.3, -0.25) is 0 Å². The molecule has 1 aromatic carbocycles. The van der Waals surface area contributed by atoms with Gasteiger partial charge in [-0.1, -0.05) is 31.2 Å². The molecule has 4 aromatic heterocycles. The fourth-order valence-electron chi connectivity index (χ4n) is 4.72. The van der Waals surface area contributed by atoms with Crippen LogP contribution in [0.2, 0.25) is 0 Å². The second-order valence-electron chi connectivity index (χ2n) is 8.29. The minimum atomic E-state index is 0.234. The van der Waals surface area contributed by atoms with E-state index in [9.17, 15) is 0 Å². The van der Waals surface area contributed by atoms with Crippen LogP contribution in [0.1, 0.15) is 42.0 Å². The zero-order valence-corrected chi connectivity index (χ0v) is 20.3. The number of hydrogen-bond acceptors (Lipinski definition) is 7. The lowest BCUT2D eigenvalue weighted by Gasteiger charge is -2.25.